The van der Waals surface area contributed by atoms with E-state index in [1.165, 1.54) is 18.4 Å². The molecule has 1 N–H and O–H groups in total. The average Bonchev–Trinajstić information content (AvgIpc) is 3.33. The summed E-state index contributed by atoms with van der Waals surface area (Å²) in [6, 6.07) is 8.19. The molecule has 0 radical (unpaired) electrons. The molecule has 0 spiro atoms. The quantitative estimate of drug-likeness (QED) is 0.585. The molecule has 3 aromatic heterocycles. The van der Waals surface area contributed by atoms with E-state index in [4.69, 9.17) is 4.98 Å². The third-order valence-electron chi connectivity index (χ3n) is 5.25. The van der Waals surface area contributed by atoms with Crippen molar-refractivity contribution in [2.45, 2.75) is 26.3 Å². The predicted octanol–water partition coefficient (Wildman–Crippen LogP) is 4.10. The second kappa shape index (κ2) is 6.55. The normalized spacial score (nSPS) is 15.1. The molecule has 1 aliphatic heterocycles. The first-order valence-electron chi connectivity index (χ1n) is 9.27. The number of aromatic nitrogens is 3. The van der Waals surface area contributed by atoms with E-state index in [9.17, 15) is 4.79 Å². The Labute approximate surface area is 160 Å². The molecule has 0 saturated carbocycles. The summed E-state index contributed by atoms with van der Waals surface area (Å²) >= 11 is 1.65. The zero-order valence-electron chi connectivity index (χ0n) is 15.2. The van der Waals surface area contributed by atoms with Crippen molar-refractivity contribution in [2.75, 3.05) is 13.1 Å². The Morgan fingerprint density at radius 1 is 1.22 bits per heavy atom. The Balaban J connectivity index is 1.59. The second-order valence-corrected chi connectivity index (χ2v) is 8.18. The molecule has 6 heteroatoms. The van der Waals surface area contributed by atoms with Gasteiger partial charge in [-0.2, -0.15) is 0 Å². The van der Waals surface area contributed by atoms with Crippen molar-refractivity contribution in [3.05, 3.63) is 57.3 Å². The first-order chi connectivity index (χ1) is 13.2. The maximum atomic E-state index is 12.8. The number of fused-ring (bicyclic) bond motifs is 2. The third kappa shape index (κ3) is 3.05. The molecule has 1 fully saturated rings. The molecule has 1 aromatic carbocycles. The van der Waals surface area contributed by atoms with E-state index in [2.05, 4.69) is 27.0 Å². The minimum Gasteiger partial charge on any atom is -0.305 e. The van der Waals surface area contributed by atoms with E-state index in [1.54, 1.807) is 11.3 Å². The van der Waals surface area contributed by atoms with Gasteiger partial charge in [0.1, 0.15) is 5.69 Å². The molecule has 0 aliphatic carbocycles. The van der Waals surface area contributed by atoms with Crippen LogP contribution >= 0.6 is 11.3 Å². The maximum absolute atomic E-state index is 12.8. The Hall–Kier alpha value is -2.57. The van der Waals surface area contributed by atoms with Crippen molar-refractivity contribution < 1.29 is 0 Å². The van der Waals surface area contributed by atoms with E-state index < -0.39 is 0 Å². The monoisotopic (exact) mass is 376 g/mol. The molecule has 4 aromatic rings. The van der Waals surface area contributed by atoms with Crippen LogP contribution in [0.25, 0.3) is 32.5 Å². The molecule has 136 valence electrons. The van der Waals surface area contributed by atoms with Crippen LogP contribution < -0.4 is 5.56 Å². The molecule has 1 aliphatic rings. The average molecular weight is 376 g/mol. The van der Waals surface area contributed by atoms with Gasteiger partial charge in [0.15, 0.2) is 5.82 Å². The topological polar surface area (TPSA) is 61.9 Å². The standard InChI is InChI=1S/C21H20N4OS/c1-13-8-14(12-25-5-2-3-6-25)9-16-19(13)23-20(24-21(16)26)17-10-15-4-7-27-18(15)11-22-17/h4,7-11H,2-3,5-6,12H2,1H3,(H,23,24,26). The van der Waals surface area contributed by atoms with Gasteiger partial charge in [-0.3, -0.25) is 14.7 Å². The number of hydrogen-bond donors (Lipinski definition) is 1. The smallest absolute Gasteiger partial charge is 0.259 e. The highest BCUT2D eigenvalue weighted by Gasteiger charge is 2.15. The van der Waals surface area contributed by atoms with E-state index in [-0.39, 0.29) is 5.56 Å². The minimum atomic E-state index is -0.103. The number of aromatic amines is 1. The summed E-state index contributed by atoms with van der Waals surface area (Å²) in [5, 5.41) is 3.81. The molecule has 4 heterocycles. The van der Waals surface area contributed by atoms with E-state index in [0.717, 1.165) is 40.8 Å². The number of benzene rings is 1. The van der Waals surface area contributed by atoms with Gasteiger partial charge >= 0.3 is 0 Å². The van der Waals surface area contributed by atoms with Gasteiger partial charge in [0.2, 0.25) is 0 Å². The highest BCUT2D eigenvalue weighted by atomic mass is 32.1. The fraction of sp³-hybridized carbons (Fsp3) is 0.286. The highest BCUT2D eigenvalue weighted by molar-refractivity contribution is 7.17. The van der Waals surface area contributed by atoms with Crippen LogP contribution in [0.3, 0.4) is 0 Å². The number of aryl methyl sites for hydroxylation is 1. The van der Waals surface area contributed by atoms with Crippen LogP contribution in [0.5, 0.6) is 0 Å². The van der Waals surface area contributed by atoms with Gasteiger partial charge in [-0.1, -0.05) is 6.07 Å². The van der Waals surface area contributed by atoms with Crippen molar-refractivity contribution in [3.8, 4) is 11.5 Å². The van der Waals surface area contributed by atoms with Crippen LogP contribution in [0, 0.1) is 6.92 Å². The molecular formula is C21H20N4OS. The summed E-state index contributed by atoms with van der Waals surface area (Å²) in [6.45, 7) is 5.21. The summed E-state index contributed by atoms with van der Waals surface area (Å²) in [4.78, 5) is 27.4. The van der Waals surface area contributed by atoms with Gasteiger partial charge in [0.25, 0.3) is 5.56 Å². The summed E-state index contributed by atoms with van der Waals surface area (Å²) in [6.07, 6.45) is 4.37. The lowest BCUT2D eigenvalue weighted by Crippen LogP contribution is -2.19. The number of nitrogens with one attached hydrogen (secondary N) is 1. The minimum absolute atomic E-state index is 0.103. The van der Waals surface area contributed by atoms with Crippen molar-refractivity contribution in [3.63, 3.8) is 0 Å². The summed E-state index contributed by atoms with van der Waals surface area (Å²) in [5.41, 5.74) is 3.56. The van der Waals surface area contributed by atoms with Crippen LogP contribution in [0.4, 0.5) is 0 Å². The number of H-pyrrole nitrogens is 1. The van der Waals surface area contributed by atoms with E-state index >= 15 is 0 Å². The Morgan fingerprint density at radius 2 is 2.07 bits per heavy atom. The van der Waals surface area contributed by atoms with Crippen LogP contribution in [0.1, 0.15) is 24.0 Å². The second-order valence-electron chi connectivity index (χ2n) is 7.23. The first-order valence-corrected chi connectivity index (χ1v) is 10.1. The summed E-state index contributed by atoms with van der Waals surface area (Å²) in [5.74, 6) is 0.524. The zero-order valence-corrected chi connectivity index (χ0v) is 16.0. The van der Waals surface area contributed by atoms with Gasteiger partial charge in [-0.05, 0) is 72.9 Å². The zero-order chi connectivity index (χ0) is 18.4. The van der Waals surface area contributed by atoms with Gasteiger partial charge < -0.3 is 4.98 Å². The van der Waals surface area contributed by atoms with Gasteiger partial charge in [-0.25, -0.2) is 4.98 Å². The van der Waals surface area contributed by atoms with Crippen molar-refractivity contribution in [1.29, 1.82) is 0 Å². The summed E-state index contributed by atoms with van der Waals surface area (Å²) < 4.78 is 1.13. The molecule has 0 amide bonds. The number of pyridine rings is 1. The Kier molecular flexibility index (Phi) is 4.02. The molecule has 1 saturated heterocycles. The fourth-order valence-corrected chi connectivity index (χ4v) is 4.64. The molecule has 27 heavy (non-hydrogen) atoms. The van der Waals surface area contributed by atoms with Crippen molar-refractivity contribution in [1.82, 2.24) is 19.9 Å². The number of thiophene rings is 1. The van der Waals surface area contributed by atoms with Gasteiger partial charge in [0, 0.05) is 12.7 Å². The molecule has 5 rings (SSSR count). The SMILES string of the molecule is Cc1cc(CN2CCCC2)cc2c(=O)[nH]c(-c3cc4ccsc4cn3)nc12. The highest BCUT2D eigenvalue weighted by Crippen LogP contribution is 2.25. The molecule has 0 bridgehead atoms. The summed E-state index contributed by atoms with van der Waals surface area (Å²) in [7, 11) is 0. The number of rotatable bonds is 3. The Bertz CT molecular complexity index is 1200. The van der Waals surface area contributed by atoms with Crippen LogP contribution in [-0.2, 0) is 6.54 Å². The van der Waals surface area contributed by atoms with E-state index in [1.807, 2.05) is 30.6 Å². The lowest BCUT2D eigenvalue weighted by molar-refractivity contribution is 0.331. The number of hydrogen-bond acceptors (Lipinski definition) is 5. The third-order valence-corrected chi connectivity index (χ3v) is 6.12. The van der Waals surface area contributed by atoms with Crippen molar-refractivity contribution in [2.24, 2.45) is 0 Å². The van der Waals surface area contributed by atoms with Gasteiger partial charge in [-0.15, -0.1) is 11.3 Å². The van der Waals surface area contributed by atoms with Crippen molar-refractivity contribution >= 4 is 32.3 Å². The van der Waals surface area contributed by atoms with E-state index in [0.29, 0.717) is 16.9 Å². The molecule has 0 atom stereocenters. The first kappa shape index (κ1) is 16.6. The lowest BCUT2D eigenvalue weighted by Gasteiger charge is -2.15. The maximum Gasteiger partial charge on any atom is 0.259 e. The Morgan fingerprint density at radius 3 is 2.93 bits per heavy atom. The van der Waals surface area contributed by atoms with Gasteiger partial charge in [0.05, 0.1) is 15.6 Å². The largest absolute Gasteiger partial charge is 0.305 e. The molecule has 5 nitrogen and oxygen atoms in total. The van der Waals surface area contributed by atoms with Crippen LogP contribution in [-0.4, -0.2) is 32.9 Å². The number of nitrogens with zero attached hydrogens (tertiary/aromatic N) is 3. The van der Waals surface area contributed by atoms with Crippen LogP contribution in [0.2, 0.25) is 0 Å². The lowest BCUT2D eigenvalue weighted by atomic mass is 10.1. The fourth-order valence-electron chi connectivity index (χ4n) is 3.90. The van der Waals surface area contributed by atoms with Crippen LogP contribution in [0.15, 0.2) is 40.6 Å². The molecule has 0 unspecified atom stereocenters. The predicted molar refractivity (Wildman–Crippen MR) is 110 cm³/mol. The number of likely N-dealkylation sites (tertiary alicyclic amines) is 1. The molecular weight excluding hydrogens is 356 g/mol.